The summed E-state index contributed by atoms with van der Waals surface area (Å²) in [5.74, 6) is 0.777. The van der Waals surface area contributed by atoms with Crippen molar-refractivity contribution >= 4 is 39.4 Å². The zero-order valence-electron chi connectivity index (χ0n) is 17.0. The fraction of sp³-hybridized carbons (Fsp3) is 0.261. The number of aromatic nitrogens is 1. The third kappa shape index (κ3) is 4.77. The largest absolute Gasteiger partial charge is 0.379 e. The van der Waals surface area contributed by atoms with Gasteiger partial charge in [-0.25, -0.2) is 0 Å². The van der Waals surface area contributed by atoms with Gasteiger partial charge >= 0.3 is 0 Å². The first-order valence-electron chi connectivity index (χ1n) is 9.78. The fourth-order valence-corrected chi connectivity index (χ4v) is 4.22. The molecule has 1 unspecified atom stereocenters. The number of nitrogens with one attached hydrogen (secondary N) is 1. The van der Waals surface area contributed by atoms with Crippen LogP contribution in [0.1, 0.15) is 43.1 Å². The van der Waals surface area contributed by atoms with Gasteiger partial charge < -0.3 is 11.1 Å². The van der Waals surface area contributed by atoms with Crippen molar-refractivity contribution in [3.05, 3.63) is 71.9 Å². The van der Waals surface area contributed by atoms with Crippen LogP contribution in [0.15, 0.2) is 65.8 Å². The molecule has 2 aromatic carbocycles. The SMILES string of the molecule is CC.CC1(c2cccc(C(=O)Nc3ccc4ncccc4c3)c2)CCSC(N)=N1. The summed E-state index contributed by atoms with van der Waals surface area (Å²) in [6.45, 7) is 6.06. The lowest BCUT2D eigenvalue weighted by molar-refractivity contribution is 0.102. The van der Waals surface area contributed by atoms with E-state index in [4.69, 9.17) is 5.73 Å². The first-order valence-corrected chi connectivity index (χ1v) is 10.8. The minimum absolute atomic E-state index is 0.147. The summed E-state index contributed by atoms with van der Waals surface area (Å²) in [6.07, 6.45) is 2.65. The molecule has 1 aliphatic rings. The number of nitrogens with two attached hydrogens (primary N) is 1. The minimum atomic E-state index is -0.389. The molecule has 6 heteroatoms. The Morgan fingerprint density at radius 3 is 2.76 bits per heavy atom. The van der Waals surface area contributed by atoms with Gasteiger partial charge in [-0.1, -0.05) is 43.8 Å². The molecule has 0 bridgehead atoms. The summed E-state index contributed by atoms with van der Waals surface area (Å²) in [5.41, 5.74) is 8.78. The molecule has 3 aromatic rings. The second kappa shape index (κ2) is 9.09. The molecule has 5 nitrogen and oxygen atoms in total. The van der Waals surface area contributed by atoms with E-state index in [2.05, 4.69) is 22.2 Å². The minimum Gasteiger partial charge on any atom is -0.379 e. The monoisotopic (exact) mass is 406 g/mol. The van der Waals surface area contributed by atoms with E-state index in [9.17, 15) is 4.79 Å². The highest BCUT2D eigenvalue weighted by molar-refractivity contribution is 8.13. The summed E-state index contributed by atoms with van der Waals surface area (Å²) >= 11 is 1.57. The van der Waals surface area contributed by atoms with Crippen molar-refractivity contribution in [2.75, 3.05) is 11.1 Å². The quantitative estimate of drug-likeness (QED) is 0.628. The van der Waals surface area contributed by atoms with Crippen LogP contribution >= 0.6 is 11.8 Å². The molecule has 0 saturated heterocycles. The topological polar surface area (TPSA) is 80.4 Å². The van der Waals surface area contributed by atoms with E-state index in [1.807, 2.05) is 68.4 Å². The molecule has 0 aliphatic carbocycles. The molecule has 1 aromatic heterocycles. The number of fused-ring (bicyclic) bond motifs is 1. The fourth-order valence-electron chi connectivity index (χ4n) is 3.25. The molecule has 1 aliphatic heterocycles. The van der Waals surface area contributed by atoms with E-state index in [-0.39, 0.29) is 11.4 Å². The van der Waals surface area contributed by atoms with Crippen molar-refractivity contribution in [3.63, 3.8) is 0 Å². The van der Waals surface area contributed by atoms with Gasteiger partial charge in [0, 0.05) is 28.6 Å². The number of amides is 1. The number of thioether (sulfide) groups is 1. The Morgan fingerprint density at radius 1 is 1.14 bits per heavy atom. The van der Waals surface area contributed by atoms with Crippen LogP contribution < -0.4 is 11.1 Å². The molecule has 1 atom stereocenters. The third-order valence-corrected chi connectivity index (χ3v) is 5.60. The van der Waals surface area contributed by atoms with E-state index in [0.29, 0.717) is 10.7 Å². The van der Waals surface area contributed by atoms with Crippen molar-refractivity contribution < 1.29 is 4.79 Å². The van der Waals surface area contributed by atoms with Gasteiger partial charge in [-0.3, -0.25) is 14.8 Å². The molecular weight excluding hydrogens is 380 g/mol. The number of carbonyl (C=O) groups is 1. The number of rotatable bonds is 3. The van der Waals surface area contributed by atoms with Gasteiger partial charge in [-0.05, 0) is 55.3 Å². The lowest BCUT2D eigenvalue weighted by atomic mass is 9.88. The number of carbonyl (C=O) groups excluding carboxylic acids is 1. The predicted octanol–water partition coefficient (Wildman–Crippen LogP) is 5.18. The number of pyridine rings is 1. The molecule has 0 saturated carbocycles. The Balaban J connectivity index is 0.00000117. The van der Waals surface area contributed by atoms with Crippen molar-refractivity contribution in [3.8, 4) is 0 Å². The summed E-state index contributed by atoms with van der Waals surface area (Å²) in [6, 6.07) is 17.2. The molecule has 0 spiro atoms. The first kappa shape index (κ1) is 20.9. The lowest BCUT2D eigenvalue weighted by Crippen LogP contribution is -2.29. The van der Waals surface area contributed by atoms with Crippen molar-refractivity contribution in [2.24, 2.45) is 10.7 Å². The normalized spacial score (nSPS) is 18.4. The van der Waals surface area contributed by atoms with E-state index in [1.54, 1.807) is 18.0 Å². The number of nitrogens with zero attached hydrogens (tertiary/aromatic N) is 2. The van der Waals surface area contributed by atoms with Crippen molar-refractivity contribution in [1.29, 1.82) is 0 Å². The van der Waals surface area contributed by atoms with Gasteiger partial charge in [0.2, 0.25) is 0 Å². The summed E-state index contributed by atoms with van der Waals surface area (Å²) in [7, 11) is 0. The van der Waals surface area contributed by atoms with Crippen LogP contribution in [0.25, 0.3) is 10.9 Å². The highest BCUT2D eigenvalue weighted by atomic mass is 32.2. The average Bonchev–Trinajstić information content (AvgIpc) is 2.75. The Morgan fingerprint density at radius 2 is 1.97 bits per heavy atom. The maximum Gasteiger partial charge on any atom is 0.255 e. The summed E-state index contributed by atoms with van der Waals surface area (Å²) in [4.78, 5) is 21.7. The number of aliphatic imine (C=N–C) groups is 1. The van der Waals surface area contributed by atoms with Gasteiger partial charge in [0.15, 0.2) is 5.17 Å². The van der Waals surface area contributed by atoms with Gasteiger partial charge in [0.25, 0.3) is 5.91 Å². The standard InChI is InChI=1S/C21H20N4OS.C2H6/c1-21(9-11-27-20(22)25-21)16-6-2-4-15(12-16)19(26)24-17-7-8-18-14(13-17)5-3-10-23-18;1-2/h2-8,10,12-13H,9,11H2,1H3,(H2,22,25)(H,24,26);1-2H3. The molecule has 3 N–H and O–H groups in total. The highest BCUT2D eigenvalue weighted by Crippen LogP contribution is 2.35. The molecule has 2 heterocycles. The van der Waals surface area contributed by atoms with Crippen LogP contribution in [0.3, 0.4) is 0 Å². The van der Waals surface area contributed by atoms with Crippen molar-refractivity contribution in [1.82, 2.24) is 4.98 Å². The van der Waals surface area contributed by atoms with Crippen LogP contribution in [-0.4, -0.2) is 21.8 Å². The van der Waals surface area contributed by atoms with Crippen LogP contribution in [-0.2, 0) is 5.54 Å². The molecule has 4 rings (SSSR count). The van der Waals surface area contributed by atoms with Gasteiger partial charge in [0.1, 0.15) is 0 Å². The van der Waals surface area contributed by atoms with Crippen LogP contribution in [0.2, 0.25) is 0 Å². The molecule has 0 fully saturated rings. The Labute approximate surface area is 175 Å². The third-order valence-electron chi connectivity index (χ3n) is 4.80. The van der Waals surface area contributed by atoms with Gasteiger partial charge in [-0.15, -0.1) is 0 Å². The number of amidine groups is 1. The summed E-state index contributed by atoms with van der Waals surface area (Å²) < 4.78 is 0. The van der Waals surface area contributed by atoms with Crippen LogP contribution in [0.5, 0.6) is 0 Å². The molecule has 150 valence electrons. The van der Waals surface area contributed by atoms with E-state index in [1.165, 1.54) is 0 Å². The second-order valence-electron chi connectivity index (χ2n) is 6.77. The zero-order chi connectivity index (χ0) is 20.9. The van der Waals surface area contributed by atoms with Gasteiger partial charge in [-0.2, -0.15) is 0 Å². The smallest absolute Gasteiger partial charge is 0.255 e. The molecule has 1 amide bonds. The number of hydrogen-bond acceptors (Lipinski definition) is 5. The van der Waals surface area contributed by atoms with Crippen molar-refractivity contribution in [2.45, 2.75) is 32.7 Å². The number of hydrogen-bond donors (Lipinski definition) is 2. The Bertz CT molecular complexity index is 1050. The van der Waals surface area contributed by atoms with Crippen LogP contribution in [0.4, 0.5) is 5.69 Å². The van der Waals surface area contributed by atoms with E-state index in [0.717, 1.165) is 34.3 Å². The van der Waals surface area contributed by atoms with E-state index < -0.39 is 0 Å². The maximum atomic E-state index is 12.8. The van der Waals surface area contributed by atoms with Crippen LogP contribution in [0, 0.1) is 0 Å². The predicted molar refractivity (Wildman–Crippen MR) is 124 cm³/mol. The first-order chi connectivity index (χ1) is 14.0. The second-order valence-corrected chi connectivity index (χ2v) is 7.88. The maximum absolute atomic E-state index is 12.8. The average molecular weight is 407 g/mol. The Kier molecular flexibility index (Phi) is 6.54. The summed E-state index contributed by atoms with van der Waals surface area (Å²) in [5, 5.41) is 4.56. The zero-order valence-corrected chi connectivity index (χ0v) is 17.8. The van der Waals surface area contributed by atoms with Gasteiger partial charge in [0.05, 0.1) is 11.1 Å². The molecular formula is C23H26N4OS. The molecule has 0 radical (unpaired) electrons. The number of benzene rings is 2. The Hall–Kier alpha value is -2.86. The number of anilines is 1. The van der Waals surface area contributed by atoms with E-state index >= 15 is 0 Å². The lowest BCUT2D eigenvalue weighted by Gasteiger charge is -2.30. The molecule has 29 heavy (non-hydrogen) atoms. The highest BCUT2D eigenvalue weighted by Gasteiger charge is 2.29.